The monoisotopic (exact) mass is 612 g/mol. The zero-order valence-corrected chi connectivity index (χ0v) is 22.1. The van der Waals surface area contributed by atoms with E-state index in [-0.39, 0.29) is 34.1 Å². The van der Waals surface area contributed by atoms with Crippen LogP contribution in [0.25, 0.3) is 22.3 Å². The van der Waals surface area contributed by atoms with Gasteiger partial charge in [-0.2, -0.15) is 4.98 Å². The predicted molar refractivity (Wildman–Crippen MR) is 136 cm³/mol. The first-order chi connectivity index (χ1) is 20.0. The molecule has 0 aliphatic carbocycles. The van der Waals surface area contributed by atoms with Gasteiger partial charge >= 0.3 is 7.82 Å². The van der Waals surface area contributed by atoms with Crippen LogP contribution in [0.3, 0.4) is 0 Å². The highest BCUT2D eigenvalue weighted by molar-refractivity contribution is 7.47. The number of hydrogen-bond donors (Lipinski definition) is 8. The minimum absolute atomic E-state index is 0.0830. The smallest absolute Gasteiger partial charge is 0.394 e. The van der Waals surface area contributed by atoms with Crippen LogP contribution in [0.5, 0.6) is 0 Å². The molecule has 0 aromatic carbocycles. The van der Waals surface area contributed by atoms with Crippen molar-refractivity contribution < 1.29 is 48.4 Å². The van der Waals surface area contributed by atoms with Gasteiger partial charge < -0.3 is 46.3 Å². The van der Waals surface area contributed by atoms with Crippen molar-refractivity contribution in [1.29, 1.82) is 0 Å². The molecular formula is C20H25N10O11P. The number of imidazole rings is 2. The summed E-state index contributed by atoms with van der Waals surface area (Å²) in [7, 11) is -5.06. The number of aromatic nitrogens is 8. The lowest BCUT2D eigenvalue weighted by atomic mass is 10.1. The average Bonchev–Trinajstić information content (AvgIpc) is 3.69. The van der Waals surface area contributed by atoms with Crippen molar-refractivity contribution in [3.63, 3.8) is 0 Å². The zero-order chi connectivity index (χ0) is 29.9. The molecule has 0 bridgehead atoms. The number of phosphoric acid groups is 1. The van der Waals surface area contributed by atoms with E-state index in [9.17, 15) is 34.7 Å². The largest absolute Gasteiger partial charge is 0.472 e. The highest BCUT2D eigenvalue weighted by atomic mass is 31.2. The molecule has 0 amide bonds. The molecule has 2 fully saturated rings. The molecule has 0 saturated carbocycles. The maximum Gasteiger partial charge on any atom is 0.472 e. The number of anilines is 2. The molecule has 22 heteroatoms. The number of nitrogens with two attached hydrogens (primary N) is 2. The molecule has 0 spiro atoms. The number of nitrogens with zero attached hydrogens (tertiary/aromatic N) is 7. The molecule has 21 nitrogen and oxygen atoms in total. The number of rotatable bonds is 8. The second kappa shape index (κ2) is 10.6. The number of ether oxygens (including phenoxy) is 2. The van der Waals surface area contributed by atoms with E-state index in [2.05, 4.69) is 29.9 Å². The van der Waals surface area contributed by atoms with Crippen LogP contribution >= 0.6 is 7.82 Å². The molecule has 2 aliphatic rings. The molecule has 4 aromatic rings. The van der Waals surface area contributed by atoms with Gasteiger partial charge in [0, 0.05) is 0 Å². The molecule has 2 saturated heterocycles. The van der Waals surface area contributed by atoms with Crippen molar-refractivity contribution in [2.75, 3.05) is 24.7 Å². The fourth-order valence-corrected chi connectivity index (χ4v) is 5.77. The van der Waals surface area contributed by atoms with Crippen LogP contribution in [0.2, 0.25) is 0 Å². The van der Waals surface area contributed by atoms with Crippen LogP contribution < -0.4 is 17.0 Å². The van der Waals surface area contributed by atoms with Gasteiger partial charge in [0.15, 0.2) is 35.1 Å². The van der Waals surface area contributed by atoms with Crippen LogP contribution in [-0.2, 0) is 23.1 Å². The van der Waals surface area contributed by atoms with Crippen LogP contribution in [0.15, 0.2) is 23.8 Å². The molecule has 226 valence electrons. The number of aliphatic hydroxyl groups is 4. The van der Waals surface area contributed by atoms with E-state index in [1.165, 1.54) is 17.2 Å². The second-order valence-electron chi connectivity index (χ2n) is 9.48. The molecule has 0 radical (unpaired) electrons. The molecular weight excluding hydrogens is 587 g/mol. The Hall–Kier alpha value is -3.63. The highest BCUT2D eigenvalue weighted by Gasteiger charge is 2.50. The quantitative estimate of drug-likeness (QED) is 0.0894. The first-order valence-corrected chi connectivity index (χ1v) is 13.8. The standard InChI is InChI=1S/C20H25N10O11P/c21-14-8-15(24-3-23-14)29(4-25-8)18-12(34)10(32)7(40-18)2-38-42(36,37)41-13-11(33)6(1-31)39-19(13)30-5-26-9-16(30)27-20(22)28-17(9)35/h3-7,10-13,18-19,31-34H,1-2H2,(H,36,37)(H2,21,23,24)(H3,22,27,28,35)/t6-,7+,10+,11+,12+,13+,18+,19-/m1/s1. The number of H-pyrrole nitrogens is 1. The molecule has 6 heterocycles. The summed E-state index contributed by atoms with van der Waals surface area (Å²) in [4.78, 5) is 44.9. The van der Waals surface area contributed by atoms with Gasteiger partial charge in [-0.1, -0.05) is 0 Å². The van der Waals surface area contributed by atoms with Crippen molar-refractivity contribution in [1.82, 2.24) is 39.0 Å². The van der Waals surface area contributed by atoms with E-state index < -0.39 is 75.7 Å². The highest BCUT2D eigenvalue weighted by Crippen LogP contribution is 2.50. The zero-order valence-electron chi connectivity index (χ0n) is 21.2. The van der Waals surface area contributed by atoms with Crippen molar-refractivity contribution in [2.24, 2.45) is 0 Å². The number of hydrogen-bond acceptors (Lipinski definition) is 17. The maximum absolute atomic E-state index is 13.0. The third-order valence-electron chi connectivity index (χ3n) is 6.87. The fraction of sp³-hybridized carbons (Fsp3) is 0.500. The van der Waals surface area contributed by atoms with Crippen LogP contribution in [-0.4, -0.2) is 114 Å². The molecule has 9 atom stereocenters. The molecule has 2 aliphatic heterocycles. The molecule has 1 unspecified atom stereocenters. The van der Waals surface area contributed by atoms with Crippen LogP contribution in [0.4, 0.5) is 11.8 Å². The number of aliphatic hydroxyl groups excluding tert-OH is 4. The van der Waals surface area contributed by atoms with Gasteiger partial charge in [0.05, 0.1) is 25.9 Å². The normalized spacial score (nSPS) is 31.3. The summed E-state index contributed by atoms with van der Waals surface area (Å²) in [6.07, 6.45) is -8.05. The lowest BCUT2D eigenvalue weighted by Crippen LogP contribution is -2.36. The van der Waals surface area contributed by atoms with Gasteiger partial charge in [0.2, 0.25) is 5.95 Å². The van der Waals surface area contributed by atoms with Crippen molar-refractivity contribution in [3.05, 3.63) is 29.3 Å². The van der Waals surface area contributed by atoms with Gasteiger partial charge in [-0.15, -0.1) is 0 Å². The minimum atomic E-state index is -5.06. The predicted octanol–water partition coefficient (Wildman–Crippen LogP) is -3.50. The van der Waals surface area contributed by atoms with Gasteiger partial charge in [0.1, 0.15) is 48.5 Å². The fourth-order valence-electron chi connectivity index (χ4n) is 4.84. The van der Waals surface area contributed by atoms with Gasteiger partial charge in [-0.25, -0.2) is 24.5 Å². The first-order valence-electron chi connectivity index (χ1n) is 12.3. The maximum atomic E-state index is 13.0. The summed E-state index contributed by atoms with van der Waals surface area (Å²) in [5.41, 5.74) is 11.0. The number of fused-ring (bicyclic) bond motifs is 2. The summed E-state index contributed by atoms with van der Waals surface area (Å²) < 4.78 is 37.0. The number of nitrogen functional groups attached to an aromatic ring is 2. The molecule has 10 N–H and O–H groups in total. The number of aromatic amines is 1. The van der Waals surface area contributed by atoms with Crippen molar-refractivity contribution in [2.45, 2.75) is 49.1 Å². The molecule has 6 rings (SSSR count). The Bertz CT molecular complexity index is 1730. The number of nitrogens with one attached hydrogen (secondary N) is 1. The Balaban J connectivity index is 1.19. The first kappa shape index (κ1) is 28.5. The minimum Gasteiger partial charge on any atom is -0.394 e. The van der Waals surface area contributed by atoms with E-state index >= 15 is 0 Å². The Kier molecular flexibility index (Phi) is 7.17. The molecule has 4 aromatic heterocycles. The lowest BCUT2D eigenvalue weighted by molar-refractivity contribution is -0.0615. The van der Waals surface area contributed by atoms with E-state index in [4.69, 9.17) is 30.0 Å². The van der Waals surface area contributed by atoms with Crippen LogP contribution in [0.1, 0.15) is 12.5 Å². The topological polar surface area (TPSA) is 314 Å². The van der Waals surface area contributed by atoms with Crippen molar-refractivity contribution >= 4 is 41.9 Å². The third-order valence-corrected chi connectivity index (χ3v) is 7.86. The number of phosphoric ester groups is 1. The van der Waals surface area contributed by atoms with E-state index in [1.807, 2.05) is 0 Å². The van der Waals surface area contributed by atoms with E-state index in [0.717, 1.165) is 10.9 Å². The summed E-state index contributed by atoms with van der Waals surface area (Å²) in [6, 6.07) is 0. The average molecular weight is 612 g/mol. The molecule has 42 heavy (non-hydrogen) atoms. The lowest BCUT2D eigenvalue weighted by Gasteiger charge is -2.24. The van der Waals surface area contributed by atoms with Crippen molar-refractivity contribution in [3.8, 4) is 0 Å². The van der Waals surface area contributed by atoms with Gasteiger partial charge in [-0.3, -0.25) is 28.0 Å². The Morgan fingerprint density at radius 2 is 1.64 bits per heavy atom. The second-order valence-corrected chi connectivity index (χ2v) is 10.9. The third kappa shape index (κ3) is 4.80. The van der Waals surface area contributed by atoms with E-state index in [1.54, 1.807) is 0 Å². The van der Waals surface area contributed by atoms with Gasteiger partial charge in [0.25, 0.3) is 5.56 Å². The Morgan fingerprint density at radius 3 is 2.38 bits per heavy atom. The summed E-state index contributed by atoms with van der Waals surface area (Å²) in [5.74, 6) is -0.171. The summed E-state index contributed by atoms with van der Waals surface area (Å²) >= 11 is 0. The Labute approximate surface area is 232 Å². The Morgan fingerprint density at radius 1 is 0.952 bits per heavy atom. The van der Waals surface area contributed by atoms with E-state index in [0.29, 0.717) is 0 Å². The van der Waals surface area contributed by atoms with Crippen LogP contribution in [0, 0.1) is 0 Å². The summed E-state index contributed by atoms with van der Waals surface area (Å²) in [6.45, 7) is -1.44. The van der Waals surface area contributed by atoms with Gasteiger partial charge in [-0.05, 0) is 0 Å². The summed E-state index contributed by atoms with van der Waals surface area (Å²) in [5, 5.41) is 41.5. The SMILES string of the molecule is Nc1nc2c(ncn2[C@@H]2O[C@H](CO)[C@H](O)[C@@H]2OP(=O)(O)OC[C@@H]2O[C@H](n3cnc4c(N)ncnc43)[C@@H](O)[C@H]2O)c(=O)[nH]1.